The Morgan fingerprint density at radius 1 is 1.15 bits per heavy atom. The van der Waals surface area contributed by atoms with Crippen LogP contribution in [0.3, 0.4) is 0 Å². The Hall–Kier alpha value is -1.84. The minimum absolute atomic E-state index is 0.117. The lowest BCUT2D eigenvalue weighted by Crippen LogP contribution is -3.27. The van der Waals surface area contributed by atoms with Crippen molar-refractivity contribution in [2.45, 2.75) is 37.1 Å². The molecule has 1 fully saturated rings. The van der Waals surface area contributed by atoms with Gasteiger partial charge in [0.1, 0.15) is 32.2 Å². The van der Waals surface area contributed by atoms with Gasteiger partial charge in [-0.15, -0.1) is 5.10 Å². The highest BCUT2D eigenvalue weighted by Crippen LogP contribution is 2.16. The van der Waals surface area contributed by atoms with E-state index in [9.17, 15) is 8.42 Å². The number of hydrogen-bond donors (Lipinski definition) is 2. The van der Waals surface area contributed by atoms with E-state index in [2.05, 4.69) is 29.5 Å². The normalized spacial score (nSPS) is 22.3. The molecule has 2 N–H and O–H groups in total. The summed E-state index contributed by atoms with van der Waals surface area (Å²) in [5.74, 6) is 0.436. The summed E-state index contributed by atoms with van der Waals surface area (Å²) in [6.45, 7) is 8.34. The number of rotatable bonds is 6. The zero-order valence-corrected chi connectivity index (χ0v) is 16.5. The first kappa shape index (κ1) is 18.9. The van der Waals surface area contributed by atoms with Gasteiger partial charge in [-0.05, 0) is 29.5 Å². The first-order valence-electron chi connectivity index (χ1n) is 9.12. The minimum Gasteiger partial charge on any atom is -0.328 e. The fraction of sp³-hybridized carbons (Fsp3) is 0.588. The average molecular weight is 381 g/mol. The Morgan fingerprint density at radius 3 is 2.42 bits per heavy atom. The number of aromatic nitrogens is 4. The number of nitrogens with one attached hydrogen (secondary N) is 2. The summed E-state index contributed by atoms with van der Waals surface area (Å²) < 4.78 is 27.0. The van der Waals surface area contributed by atoms with Crippen LogP contribution in [0.5, 0.6) is 0 Å². The minimum atomic E-state index is -3.50. The van der Waals surface area contributed by atoms with E-state index in [1.54, 1.807) is 24.3 Å². The Bertz CT molecular complexity index is 825. The Labute approximate surface area is 154 Å². The van der Waals surface area contributed by atoms with Crippen molar-refractivity contribution in [3.63, 3.8) is 0 Å². The fourth-order valence-corrected chi connectivity index (χ4v) is 4.74. The highest BCUT2D eigenvalue weighted by atomic mass is 32.2. The smallest absolute Gasteiger partial charge is 0.210 e. The van der Waals surface area contributed by atoms with Crippen LogP contribution in [-0.4, -0.2) is 61.9 Å². The van der Waals surface area contributed by atoms with Crippen molar-refractivity contribution in [3.8, 4) is 0 Å². The van der Waals surface area contributed by atoms with Crippen LogP contribution in [0.1, 0.15) is 30.8 Å². The van der Waals surface area contributed by atoms with Gasteiger partial charge in [-0.25, -0.2) is 13.1 Å². The van der Waals surface area contributed by atoms with Crippen LogP contribution in [0.2, 0.25) is 0 Å². The summed E-state index contributed by atoms with van der Waals surface area (Å²) in [6, 6.07) is 7.00. The molecule has 2 heterocycles. The molecule has 2 aromatic rings. The molecule has 142 valence electrons. The predicted molar refractivity (Wildman–Crippen MR) is 96.5 cm³/mol. The Balaban J connectivity index is 1.82. The summed E-state index contributed by atoms with van der Waals surface area (Å²) in [5, 5.41) is 11.9. The SMILES string of the molecule is CC[C@@H](c1nnnn1CS(=O)(=O)c1ccc(C)cc1)[NH+]1CC[NH+](C)CC1. The van der Waals surface area contributed by atoms with Crippen molar-refractivity contribution in [2.75, 3.05) is 33.2 Å². The van der Waals surface area contributed by atoms with Crippen LogP contribution < -0.4 is 9.80 Å². The lowest BCUT2D eigenvalue weighted by atomic mass is 10.1. The number of hydrogen-bond acceptors (Lipinski definition) is 5. The van der Waals surface area contributed by atoms with Crippen molar-refractivity contribution in [3.05, 3.63) is 35.7 Å². The maximum atomic E-state index is 12.8. The third kappa shape index (κ3) is 4.11. The van der Waals surface area contributed by atoms with Gasteiger partial charge in [0.25, 0.3) is 0 Å². The molecular formula is C17H28N6O2S+2. The number of likely N-dealkylation sites (N-methyl/N-ethyl adjacent to an activating group) is 1. The molecule has 1 aromatic heterocycles. The Kier molecular flexibility index (Phi) is 5.69. The van der Waals surface area contributed by atoms with Gasteiger partial charge in [-0.3, -0.25) is 0 Å². The summed E-state index contributed by atoms with van der Waals surface area (Å²) in [6.07, 6.45) is 0.874. The van der Waals surface area contributed by atoms with Crippen molar-refractivity contribution < 1.29 is 18.2 Å². The largest absolute Gasteiger partial charge is 0.328 e. The third-order valence-electron chi connectivity index (χ3n) is 5.19. The number of tetrazole rings is 1. The number of quaternary nitrogens is 2. The lowest BCUT2D eigenvalue weighted by Gasteiger charge is -2.32. The highest BCUT2D eigenvalue weighted by molar-refractivity contribution is 7.90. The van der Waals surface area contributed by atoms with Gasteiger partial charge >= 0.3 is 0 Å². The summed E-state index contributed by atoms with van der Waals surface area (Å²) >= 11 is 0. The van der Waals surface area contributed by atoms with Crippen LogP contribution >= 0.6 is 0 Å². The first-order valence-corrected chi connectivity index (χ1v) is 10.8. The van der Waals surface area contributed by atoms with Crippen molar-refractivity contribution in [1.29, 1.82) is 0 Å². The maximum absolute atomic E-state index is 12.8. The summed E-state index contributed by atoms with van der Waals surface area (Å²) in [4.78, 5) is 3.26. The van der Waals surface area contributed by atoms with Crippen LogP contribution in [0.25, 0.3) is 0 Å². The molecule has 1 aromatic carbocycles. The molecule has 1 aliphatic heterocycles. The lowest BCUT2D eigenvalue weighted by molar-refractivity contribution is -1.02. The number of piperazine rings is 1. The monoisotopic (exact) mass is 380 g/mol. The quantitative estimate of drug-likeness (QED) is 0.623. The molecule has 0 aliphatic carbocycles. The van der Waals surface area contributed by atoms with Gasteiger partial charge in [0, 0.05) is 6.42 Å². The molecule has 9 heteroatoms. The second-order valence-electron chi connectivity index (χ2n) is 7.17. The third-order valence-corrected chi connectivity index (χ3v) is 6.77. The topological polar surface area (TPSA) is 86.6 Å². The molecule has 0 bridgehead atoms. The molecule has 1 saturated heterocycles. The standard InChI is InChI=1S/C17H26N6O2S/c1-4-16(22-11-9-21(3)10-12-22)17-18-19-20-23(17)13-26(24,25)15-7-5-14(2)6-8-15/h5-8,16H,4,9-13H2,1-3H3/p+2/t16-/m0/s1. The van der Waals surface area contributed by atoms with Gasteiger partial charge in [-0.2, -0.15) is 0 Å². The molecule has 26 heavy (non-hydrogen) atoms. The number of nitrogens with zero attached hydrogens (tertiary/aromatic N) is 4. The summed E-state index contributed by atoms with van der Waals surface area (Å²) in [5.41, 5.74) is 1.03. The van der Waals surface area contributed by atoms with E-state index < -0.39 is 9.84 Å². The molecule has 0 spiro atoms. The van der Waals surface area contributed by atoms with E-state index in [4.69, 9.17) is 0 Å². The molecule has 3 rings (SSSR count). The van der Waals surface area contributed by atoms with Gasteiger partial charge in [0.15, 0.2) is 15.7 Å². The molecule has 1 atom stereocenters. The molecule has 1 aliphatic rings. The average Bonchev–Trinajstić information content (AvgIpc) is 3.05. The van der Waals surface area contributed by atoms with Crippen LogP contribution in [0.15, 0.2) is 29.2 Å². The fourth-order valence-electron chi connectivity index (χ4n) is 3.53. The second-order valence-corrected chi connectivity index (χ2v) is 9.13. The highest BCUT2D eigenvalue weighted by Gasteiger charge is 2.33. The number of benzene rings is 1. The predicted octanol–water partition coefficient (Wildman–Crippen LogP) is -1.72. The van der Waals surface area contributed by atoms with E-state index >= 15 is 0 Å². The van der Waals surface area contributed by atoms with Crippen LogP contribution in [0.4, 0.5) is 0 Å². The molecule has 0 unspecified atom stereocenters. The molecular weight excluding hydrogens is 352 g/mol. The Morgan fingerprint density at radius 2 is 1.81 bits per heavy atom. The molecule has 8 nitrogen and oxygen atoms in total. The van der Waals surface area contributed by atoms with Gasteiger partial charge in [0.2, 0.25) is 5.82 Å². The zero-order valence-electron chi connectivity index (χ0n) is 15.6. The van der Waals surface area contributed by atoms with Gasteiger partial charge in [-0.1, -0.05) is 24.6 Å². The van der Waals surface area contributed by atoms with Gasteiger partial charge < -0.3 is 9.80 Å². The second kappa shape index (κ2) is 7.81. The van der Waals surface area contributed by atoms with Crippen LogP contribution in [0, 0.1) is 6.92 Å². The molecule has 0 saturated carbocycles. The van der Waals surface area contributed by atoms with E-state index in [-0.39, 0.29) is 11.9 Å². The van der Waals surface area contributed by atoms with E-state index in [1.165, 1.54) is 14.5 Å². The van der Waals surface area contributed by atoms with Crippen molar-refractivity contribution >= 4 is 9.84 Å². The first-order chi connectivity index (χ1) is 12.4. The summed E-state index contributed by atoms with van der Waals surface area (Å²) in [7, 11) is -1.29. The molecule has 0 radical (unpaired) electrons. The number of aryl methyl sites for hydroxylation is 1. The van der Waals surface area contributed by atoms with E-state index in [1.807, 2.05) is 6.92 Å². The van der Waals surface area contributed by atoms with E-state index in [0.29, 0.717) is 10.7 Å². The van der Waals surface area contributed by atoms with Gasteiger partial charge in [0.05, 0.1) is 11.9 Å². The molecule has 0 amide bonds. The maximum Gasteiger partial charge on any atom is 0.210 e. The zero-order chi connectivity index (χ0) is 18.7. The van der Waals surface area contributed by atoms with Crippen molar-refractivity contribution in [1.82, 2.24) is 20.2 Å². The van der Waals surface area contributed by atoms with E-state index in [0.717, 1.165) is 38.2 Å². The van der Waals surface area contributed by atoms with Crippen molar-refractivity contribution in [2.24, 2.45) is 0 Å². The number of sulfone groups is 1. The van der Waals surface area contributed by atoms with Crippen LogP contribution in [-0.2, 0) is 15.7 Å².